The highest BCUT2D eigenvalue weighted by Crippen LogP contribution is 2.29. The summed E-state index contributed by atoms with van der Waals surface area (Å²) in [5.74, 6) is 0.0446. The zero-order chi connectivity index (χ0) is 14.1. The minimum Gasteiger partial charge on any atom is -0.350 e. The van der Waals surface area contributed by atoms with Crippen LogP contribution in [0.1, 0.15) is 30.9 Å². The summed E-state index contributed by atoms with van der Waals surface area (Å²) in [6.45, 7) is 2.12. The van der Waals surface area contributed by atoms with Crippen molar-refractivity contribution in [1.29, 1.82) is 0 Å². The van der Waals surface area contributed by atoms with Crippen molar-refractivity contribution in [3.05, 3.63) is 18.0 Å². The van der Waals surface area contributed by atoms with Gasteiger partial charge in [0.25, 0.3) is 0 Å². The third-order valence-corrected chi connectivity index (χ3v) is 4.24. The van der Waals surface area contributed by atoms with Gasteiger partial charge in [-0.15, -0.1) is 0 Å². The summed E-state index contributed by atoms with van der Waals surface area (Å²) >= 11 is 0. The molecular weight excluding hydrogens is 254 g/mol. The molecule has 1 aliphatic carbocycles. The minimum atomic E-state index is -0.321. The molecule has 0 bridgehead atoms. The molecule has 2 atom stereocenters. The molecule has 2 unspecified atom stereocenters. The number of nitrogens with one attached hydrogen (secondary N) is 2. The normalized spacial score (nSPS) is 24.8. The van der Waals surface area contributed by atoms with Gasteiger partial charge in [-0.25, -0.2) is 0 Å². The van der Waals surface area contributed by atoms with E-state index in [-0.39, 0.29) is 18.0 Å². The molecule has 0 radical (unpaired) electrons. The Bertz CT molecular complexity index is 482. The van der Waals surface area contributed by atoms with Crippen LogP contribution in [0.2, 0.25) is 0 Å². The molecule has 1 aromatic heterocycles. The number of aryl methyl sites for hydroxylation is 1. The first kappa shape index (κ1) is 13.6. The summed E-state index contributed by atoms with van der Waals surface area (Å²) < 4.78 is 1.72. The third kappa shape index (κ3) is 2.86. The van der Waals surface area contributed by atoms with E-state index < -0.39 is 0 Å². The zero-order valence-corrected chi connectivity index (χ0v) is 12.2. The van der Waals surface area contributed by atoms with Crippen LogP contribution in [-0.4, -0.2) is 52.8 Å². The maximum absolute atomic E-state index is 12.4. The summed E-state index contributed by atoms with van der Waals surface area (Å²) in [6.07, 6.45) is 7.34. The summed E-state index contributed by atoms with van der Waals surface area (Å²) in [5, 5.41) is 10.4. The van der Waals surface area contributed by atoms with Crippen LogP contribution in [0.15, 0.2) is 12.4 Å². The number of hydrogen-bond donors (Lipinski definition) is 2. The fraction of sp³-hybridized carbons (Fsp3) is 0.714. The van der Waals surface area contributed by atoms with Gasteiger partial charge in [-0.3, -0.25) is 14.4 Å². The van der Waals surface area contributed by atoms with Crippen LogP contribution in [-0.2, 0) is 11.8 Å². The Morgan fingerprint density at radius 3 is 2.85 bits per heavy atom. The zero-order valence-electron chi connectivity index (χ0n) is 12.2. The fourth-order valence-electron chi connectivity index (χ4n) is 3.00. The largest absolute Gasteiger partial charge is 0.350 e. The van der Waals surface area contributed by atoms with E-state index in [1.807, 2.05) is 20.3 Å². The van der Waals surface area contributed by atoms with Crippen molar-refractivity contribution in [1.82, 2.24) is 25.3 Å². The standard InChI is InChI=1S/C14H23N5O/c1-15-13(10-7-16-18(2)8-10)14(20)17-11-5-6-19(9-11)12-3-4-12/h7-8,11-13,15H,3-6,9H2,1-2H3,(H,17,20). The highest BCUT2D eigenvalue weighted by Gasteiger charge is 2.35. The summed E-state index contributed by atoms with van der Waals surface area (Å²) in [5.41, 5.74) is 0.907. The maximum Gasteiger partial charge on any atom is 0.242 e. The minimum absolute atomic E-state index is 0.0446. The third-order valence-electron chi connectivity index (χ3n) is 4.24. The Balaban J connectivity index is 1.57. The number of amides is 1. The van der Waals surface area contributed by atoms with Gasteiger partial charge in [0.1, 0.15) is 6.04 Å². The summed E-state index contributed by atoms with van der Waals surface area (Å²) in [4.78, 5) is 14.9. The van der Waals surface area contributed by atoms with Gasteiger partial charge in [0, 0.05) is 44.0 Å². The van der Waals surface area contributed by atoms with E-state index in [4.69, 9.17) is 0 Å². The number of likely N-dealkylation sites (tertiary alicyclic amines) is 1. The molecule has 0 aromatic carbocycles. The molecule has 1 aliphatic heterocycles. The molecule has 1 amide bonds. The van der Waals surface area contributed by atoms with Crippen molar-refractivity contribution in [2.75, 3.05) is 20.1 Å². The smallest absolute Gasteiger partial charge is 0.242 e. The van der Waals surface area contributed by atoms with Crippen LogP contribution < -0.4 is 10.6 Å². The number of likely N-dealkylation sites (N-methyl/N-ethyl adjacent to an activating group) is 1. The maximum atomic E-state index is 12.4. The van der Waals surface area contributed by atoms with Crippen LogP contribution in [0.4, 0.5) is 0 Å². The first-order valence-corrected chi connectivity index (χ1v) is 7.37. The SMILES string of the molecule is CNC(C(=O)NC1CCN(C2CC2)C1)c1cnn(C)c1. The van der Waals surface area contributed by atoms with Gasteiger partial charge in [-0.2, -0.15) is 5.10 Å². The van der Waals surface area contributed by atoms with Crippen molar-refractivity contribution in [3.8, 4) is 0 Å². The highest BCUT2D eigenvalue weighted by atomic mass is 16.2. The van der Waals surface area contributed by atoms with E-state index in [1.54, 1.807) is 10.9 Å². The highest BCUT2D eigenvalue weighted by molar-refractivity contribution is 5.83. The molecule has 110 valence electrons. The number of hydrogen-bond acceptors (Lipinski definition) is 4. The summed E-state index contributed by atoms with van der Waals surface area (Å²) in [6, 6.07) is 0.754. The molecule has 1 saturated carbocycles. The lowest BCUT2D eigenvalue weighted by molar-refractivity contribution is -0.123. The molecule has 1 saturated heterocycles. The number of carbonyl (C=O) groups is 1. The lowest BCUT2D eigenvalue weighted by Crippen LogP contribution is -2.43. The van der Waals surface area contributed by atoms with Gasteiger partial charge in [-0.05, 0) is 26.3 Å². The van der Waals surface area contributed by atoms with Crippen molar-refractivity contribution in [2.24, 2.45) is 7.05 Å². The second-order valence-corrected chi connectivity index (χ2v) is 5.89. The van der Waals surface area contributed by atoms with Gasteiger partial charge >= 0.3 is 0 Å². The molecule has 6 nitrogen and oxygen atoms in total. The lowest BCUT2D eigenvalue weighted by atomic mass is 10.1. The predicted molar refractivity (Wildman–Crippen MR) is 76.2 cm³/mol. The first-order chi connectivity index (χ1) is 9.67. The average Bonchev–Trinajstić information content (AvgIpc) is 3.03. The van der Waals surface area contributed by atoms with Crippen LogP contribution in [0, 0.1) is 0 Å². The average molecular weight is 277 g/mol. The Labute approximate surface area is 119 Å². The number of aromatic nitrogens is 2. The second-order valence-electron chi connectivity index (χ2n) is 5.89. The Morgan fingerprint density at radius 1 is 1.45 bits per heavy atom. The van der Waals surface area contributed by atoms with Gasteiger partial charge in [0.15, 0.2) is 0 Å². The molecule has 2 heterocycles. The van der Waals surface area contributed by atoms with E-state index in [0.29, 0.717) is 0 Å². The van der Waals surface area contributed by atoms with Crippen LogP contribution in [0.3, 0.4) is 0 Å². The number of nitrogens with zero attached hydrogens (tertiary/aromatic N) is 3. The van der Waals surface area contributed by atoms with E-state index in [9.17, 15) is 4.79 Å². The van der Waals surface area contributed by atoms with E-state index >= 15 is 0 Å². The predicted octanol–water partition coefficient (Wildman–Crippen LogP) is 0.0335. The molecule has 1 aromatic rings. The van der Waals surface area contributed by atoms with Gasteiger partial charge in [0.05, 0.1) is 6.20 Å². The molecule has 2 fully saturated rings. The Kier molecular flexibility index (Phi) is 3.76. The van der Waals surface area contributed by atoms with Crippen LogP contribution >= 0.6 is 0 Å². The Hall–Kier alpha value is -1.40. The quantitative estimate of drug-likeness (QED) is 0.797. The topological polar surface area (TPSA) is 62.2 Å². The monoisotopic (exact) mass is 277 g/mol. The lowest BCUT2D eigenvalue weighted by Gasteiger charge is -2.19. The Morgan fingerprint density at radius 2 is 2.25 bits per heavy atom. The fourth-order valence-corrected chi connectivity index (χ4v) is 3.00. The molecule has 20 heavy (non-hydrogen) atoms. The van der Waals surface area contributed by atoms with Crippen molar-refractivity contribution < 1.29 is 4.79 Å². The van der Waals surface area contributed by atoms with Gasteiger partial charge < -0.3 is 10.6 Å². The molecule has 6 heteroatoms. The molecular formula is C14H23N5O. The van der Waals surface area contributed by atoms with Crippen molar-refractivity contribution in [3.63, 3.8) is 0 Å². The van der Waals surface area contributed by atoms with Gasteiger partial charge in [-0.1, -0.05) is 0 Å². The van der Waals surface area contributed by atoms with Crippen LogP contribution in [0.5, 0.6) is 0 Å². The second kappa shape index (κ2) is 5.54. The first-order valence-electron chi connectivity index (χ1n) is 7.37. The van der Waals surface area contributed by atoms with Crippen molar-refractivity contribution in [2.45, 2.75) is 37.4 Å². The molecule has 3 rings (SSSR count). The van der Waals surface area contributed by atoms with Gasteiger partial charge in [0.2, 0.25) is 5.91 Å². The molecule has 0 spiro atoms. The van der Waals surface area contributed by atoms with E-state index in [2.05, 4.69) is 20.6 Å². The number of carbonyl (C=O) groups excluding carboxylic acids is 1. The van der Waals surface area contributed by atoms with E-state index in [1.165, 1.54) is 12.8 Å². The van der Waals surface area contributed by atoms with Crippen LogP contribution in [0.25, 0.3) is 0 Å². The number of rotatable bonds is 5. The van der Waals surface area contributed by atoms with Crippen molar-refractivity contribution >= 4 is 5.91 Å². The molecule has 2 N–H and O–H groups in total. The van der Waals surface area contributed by atoms with E-state index in [0.717, 1.165) is 31.1 Å². The summed E-state index contributed by atoms with van der Waals surface area (Å²) in [7, 11) is 3.67. The molecule has 2 aliphatic rings.